The predicted molar refractivity (Wildman–Crippen MR) is 43.0 cm³/mol. The van der Waals surface area contributed by atoms with Gasteiger partial charge in [0.15, 0.2) is 0 Å². The summed E-state index contributed by atoms with van der Waals surface area (Å²) in [4.78, 5) is 0. The third-order valence-electron chi connectivity index (χ3n) is 2.28. The van der Waals surface area contributed by atoms with Crippen LogP contribution in [0.15, 0.2) is 0 Å². The molecule has 1 rings (SSSR count). The lowest BCUT2D eigenvalue weighted by atomic mass is 9.93. The van der Waals surface area contributed by atoms with Crippen LogP contribution in [0.4, 0.5) is 0 Å². The third-order valence-corrected chi connectivity index (χ3v) is 2.28. The summed E-state index contributed by atoms with van der Waals surface area (Å²) in [5.74, 6) is 0.869. The standard InChI is InChI=1S/C9H18O/c1-4-9-6-7(2)5-8(3)10-9/h7-9H,4-6H2,1-3H3/t7-,8?,9?/m1/s1. The molecule has 1 nitrogen and oxygen atoms in total. The van der Waals surface area contributed by atoms with Gasteiger partial charge >= 0.3 is 0 Å². The van der Waals surface area contributed by atoms with E-state index in [2.05, 4.69) is 20.8 Å². The maximum absolute atomic E-state index is 5.71. The molecule has 60 valence electrons. The molecule has 0 bridgehead atoms. The van der Waals surface area contributed by atoms with Crippen molar-refractivity contribution in [2.45, 2.75) is 52.2 Å². The minimum atomic E-state index is 0.494. The van der Waals surface area contributed by atoms with E-state index in [1.54, 1.807) is 0 Å². The lowest BCUT2D eigenvalue weighted by molar-refractivity contribution is -0.0594. The van der Waals surface area contributed by atoms with E-state index in [1.165, 1.54) is 19.3 Å². The van der Waals surface area contributed by atoms with Gasteiger partial charge in [-0.25, -0.2) is 0 Å². The Morgan fingerprint density at radius 3 is 2.50 bits per heavy atom. The first kappa shape index (κ1) is 8.06. The molecular weight excluding hydrogens is 124 g/mol. The van der Waals surface area contributed by atoms with Gasteiger partial charge in [0, 0.05) is 0 Å². The Morgan fingerprint density at radius 2 is 2.00 bits per heavy atom. The van der Waals surface area contributed by atoms with E-state index >= 15 is 0 Å². The molecule has 1 heterocycles. The summed E-state index contributed by atoms with van der Waals surface area (Å²) in [5, 5.41) is 0. The summed E-state index contributed by atoms with van der Waals surface area (Å²) in [6, 6.07) is 0. The summed E-state index contributed by atoms with van der Waals surface area (Å²) < 4.78 is 5.71. The molecule has 1 fully saturated rings. The fraction of sp³-hybridized carbons (Fsp3) is 1.00. The first-order valence-electron chi connectivity index (χ1n) is 4.37. The Kier molecular flexibility index (Phi) is 2.72. The zero-order valence-corrected chi connectivity index (χ0v) is 7.26. The van der Waals surface area contributed by atoms with Gasteiger partial charge in [0.05, 0.1) is 12.2 Å². The van der Waals surface area contributed by atoms with Gasteiger partial charge in [0.25, 0.3) is 0 Å². The molecule has 0 saturated carbocycles. The number of rotatable bonds is 1. The van der Waals surface area contributed by atoms with Crippen LogP contribution in [0.25, 0.3) is 0 Å². The summed E-state index contributed by atoms with van der Waals surface area (Å²) in [5.41, 5.74) is 0. The molecule has 0 radical (unpaired) electrons. The maximum Gasteiger partial charge on any atom is 0.0578 e. The average Bonchev–Trinajstić information content (AvgIpc) is 1.85. The van der Waals surface area contributed by atoms with Crippen LogP contribution in [0.1, 0.15) is 40.0 Å². The van der Waals surface area contributed by atoms with Crippen molar-refractivity contribution in [1.29, 1.82) is 0 Å². The first-order chi connectivity index (χ1) is 4.72. The van der Waals surface area contributed by atoms with Crippen LogP contribution in [0, 0.1) is 5.92 Å². The van der Waals surface area contributed by atoms with Crippen molar-refractivity contribution in [3.63, 3.8) is 0 Å². The lowest BCUT2D eigenvalue weighted by Crippen LogP contribution is -2.29. The third kappa shape index (κ3) is 1.98. The van der Waals surface area contributed by atoms with Crippen molar-refractivity contribution in [3.05, 3.63) is 0 Å². The van der Waals surface area contributed by atoms with Gasteiger partial charge in [-0.15, -0.1) is 0 Å². The molecule has 0 N–H and O–H groups in total. The van der Waals surface area contributed by atoms with Gasteiger partial charge < -0.3 is 4.74 Å². The van der Waals surface area contributed by atoms with Gasteiger partial charge in [-0.1, -0.05) is 13.8 Å². The molecule has 10 heavy (non-hydrogen) atoms. The molecule has 0 spiro atoms. The SMILES string of the molecule is CCC1C[C@H](C)CC(C)O1. The molecule has 0 amide bonds. The molecule has 0 aliphatic carbocycles. The van der Waals surface area contributed by atoms with Crippen molar-refractivity contribution in [2.24, 2.45) is 5.92 Å². The van der Waals surface area contributed by atoms with Crippen LogP contribution < -0.4 is 0 Å². The lowest BCUT2D eigenvalue weighted by Gasteiger charge is -2.31. The van der Waals surface area contributed by atoms with Crippen LogP contribution >= 0.6 is 0 Å². The smallest absolute Gasteiger partial charge is 0.0578 e. The van der Waals surface area contributed by atoms with Gasteiger partial charge in [0.1, 0.15) is 0 Å². The van der Waals surface area contributed by atoms with Gasteiger partial charge in [-0.2, -0.15) is 0 Å². The van der Waals surface area contributed by atoms with Crippen LogP contribution in [0.3, 0.4) is 0 Å². The molecule has 1 aliphatic rings. The molecule has 0 aromatic carbocycles. The Balaban J connectivity index is 2.35. The van der Waals surface area contributed by atoms with E-state index in [0.29, 0.717) is 12.2 Å². The van der Waals surface area contributed by atoms with Crippen molar-refractivity contribution in [1.82, 2.24) is 0 Å². The largest absolute Gasteiger partial charge is 0.375 e. The molecule has 1 aliphatic heterocycles. The normalized spacial score (nSPS) is 41.7. The highest BCUT2D eigenvalue weighted by atomic mass is 16.5. The molecular formula is C9H18O. The van der Waals surface area contributed by atoms with Crippen LogP contribution in [0.5, 0.6) is 0 Å². The Bertz CT molecular complexity index is 90.9. The highest BCUT2D eigenvalue weighted by Crippen LogP contribution is 2.25. The monoisotopic (exact) mass is 142 g/mol. The Labute approximate surface area is 63.8 Å². The van der Waals surface area contributed by atoms with E-state index in [-0.39, 0.29) is 0 Å². The maximum atomic E-state index is 5.71. The van der Waals surface area contributed by atoms with Gasteiger partial charge in [-0.05, 0) is 32.1 Å². The van der Waals surface area contributed by atoms with Crippen molar-refractivity contribution >= 4 is 0 Å². The second kappa shape index (κ2) is 3.38. The van der Waals surface area contributed by atoms with Crippen LogP contribution in [-0.4, -0.2) is 12.2 Å². The van der Waals surface area contributed by atoms with Crippen LogP contribution in [-0.2, 0) is 4.74 Å². The predicted octanol–water partition coefficient (Wildman–Crippen LogP) is 2.60. The minimum Gasteiger partial charge on any atom is -0.375 e. The molecule has 0 aromatic heterocycles. The van der Waals surface area contributed by atoms with Crippen molar-refractivity contribution in [3.8, 4) is 0 Å². The number of ether oxygens (including phenoxy) is 1. The van der Waals surface area contributed by atoms with Crippen molar-refractivity contribution in [2.75, 3.05) is 0 Å². The molecule has 2 unspecified atom stereocenters. The molecule has 1 saturated heterocycles. The molecule has 0 aromatic rings. The topological polar surface area (TPSA) is 9.23 Å². The summed E-state index contributed by atoms with van der Waals surface area (Å²) in [7, 11) is 0. The van der Waals surface area contributed by atoms with Gasteiger partial charge in [0.2, 0.25) is 0 Å². The van der Waals surface area contributed by atoms with E-state index in [9.17, 15) is 0 Å². The minimum absolute atomic E-state index is 0.494. The Hall–Kier alpha value is -0.0400. The number of hydrogen-bond acceptors (Lipinski definition) is 1. The number of hydrogen-bond donors (Lipinski definition) is 0. The summed E-state index contributed by atoms with van der Waals surface area (Å²) >= 11 is 0. The van der Waals surface area contributed by atoms with Gasteiger partial charge in [-0.3, -0.25) is 0 Å². The van der Waals surface area contributed by atoms with E-state index in [1.807, 2.05) is 0 Å². The second-order valence-electron chi connectivity index (χ2n) is 3.55. The van der Waals surface area contributed by atoms with Crippen LogP contribution in [0.2, 0.25) is 0 Å². The summed E-state index contributed by atoms with van der Waals surface area (Å²) in [6.45, 7) is 6.70. The molecule has 3 atom stereocenters. The van der Waals surface area contributed by atoms with E-state index in [0.717, 1.165) is 5.92 Å². The second-order valence-corrected chi connectivity index (χ2v) is 3.55. The fourth-order valence-corrected chi connectivity index (χ4v) is 1.81. The highest BCUT2D eigenvalue weighted by Gasteiger charge is 2.22. The quantitative estimate of drug-likeness (QED) is 0.547. The zero-order chi connectivity index (χ0) is 7.56. The van der Waals surface area contributed by atoms with E-state index in [4.69, 9.17) is 4.74 Å². The first-order valence-corrected chi connectivity index (χ1v) is 4.37. The average molecular weight is 142 g/mol. The Morgan fingerprint density at radius 1 is 1.30 bits per heavy atom. The summed E-state index contributed by atoms with van der Waals surface area (Å²) in [6.07, 6.45) is 4.72. The zero-order valence-electron chi connectivity index (χ0n) is 7.26. The highest BCUT2D eigenvalue weighted by molar-refractivity contribution is 4.71. The molecule has 1 heteroatoms. The van der Waals surface area contributed by atoms with E-state index < -0.39 is 0 Å². The fourth-order valence-electron chi connectivity index (χ4n) is 1.81. The van der Waals surface area contributed by atoms with Crippen molar-refractivity contribution < 1.29 is 4.74 Å².